The second kappa shape index (κ2) is 8.73. The van der Waals surface area contributed by atoms with Crippen LogP contribution >= 0.6 is 0 Å². The van der Waals surface area contributed by atoms with E-state index in [0.717, 1.165) is 17.9 Å². The largest absolute Gasteiger partial charge is 0.365 e. The second-order valence-corrected chi connectivity index (χ2v) is 11.1. The number of anilines is 1. The summed E-state index contributed by atoms with van der Waals surface area (Å²) >= 11 is 0. The van der Waals surface area contributed by atoms with Gasteiger partial charge >= 0.3 is 0 Å². The first kappa shape index (κ1) is 23.0. The van der Waals surface area contributed by atoms with Gasteiger partial charge in [-0.2, -0.15) is 9.78 Å². The van der Waals surface area contributed by atoms with Crippen molar-refractivity contribution in [3.05, 3.63) is 82.1 Å². The highest BCUT2D eigenvalue weighted by Gasteiger charge is 2.48. The topological polar surface area (TPSA) is 83.1 Å². The first-order valence-electron chi connectivity index (χ1n) is 13.1. The Morgan fingerprint density at radius 3 is 2.26 bits per heavy atom. The summed E-state index contributed by atoms with van der Waals surface area (Å²) in [7, 11) is 0. The van der Waals surface area contributed by atoms with E-state index >= 15 is 4.39 Å². The molecule has 4 aliphatic rings. The van der Waals surface area contributed by atoms with Gasteiger partial charge in [0.2, 0.25) is 0 Å². The molecule has 4 fully saturated rings. The Morgan fingerprint density at radius 1 is 0.895 bits per heavy atom. The standard InChI is InChI=1S/C30H25F2N5O/c31-22-5-6-23(25(32)12-22)24-13-27-34-26(19-3-1-16(15-33)2-4-19)14-28(38)37(27)36-30(24)35-29-20-8-17-7-18(10-20)11-21(29)9-17/h1-6,12-14,17-18,20-21,29H,7-11H2,(H,35,36). The number of rotatable bonds is 4. The molecular weight excluding hydrogens is 484 g/mol. The first-order valence-corrected chi connectivity index (χ1v) is 13.1. The summed E-state index contributed by atoms with van der Waals surface area (Å²) in [5.41, 5.74) is 2.13. The Balaban J connectivity index is 1.36. The third-order valence-electron chi connectivity index (χ3n) is 8.71. The van der Waals surface area contributed by atoms with E-state index in [-0.39, 0.29) is 22.8 Å². The van der Waals surface area contributed by atoms with Crippen LogP contribution in [-0.2, 0) is 0 Å². The molecule has 0 amide bonds. The van der Waals surface area contributed by atoms with Gasteiger partial charge < -0.3 is 5.32 Å². The Hall–Kier alpha value is -4.12. The molecule has 4 bridgehead atoms. The molecule has 2 aromatic heterocycles. The minimum atomic E-state index is -0.699. The van der Waals surface area contributed by atoms with Gasteiger partial charge in [-0.05, 0) is 86.1 Å². The van der Waals surface area contributed by atoms with Gasteiger partial charge in [-0.25, -0.2) is 13.8 Å². The highest BCUT2D eigenvalue weighted by Crippen LogP contribution is 2.54. The zero-order chi connectivity index (χ0) is 26.0. The molecule has 4 saturated carbocycles. The molecule has 0 atom stereocenters. The maximum atomic E-state index is 15.1. The van der Waals surface area contributed by atoms with Crippen LogP contribution in [0.25, 0.3) is 28.0 Å². The summed E-state index contributed by atoms with van der Waals surface area (Å²) < 4.78 is 30.1. The smallest absolute Gasteiger partial charge is 0.275 e. The van der Waals surface area contributed by atoms with Crippen LogP contribution in [0.2, 0.25) is 0 Å². The molecule has 0 saturated heterocycles. The average Bonchev–Trinajstić information content (AvgIpc) is 2.90. The van der Waals surface area contributed by atoms with Crippen molar-refractivity contribution in [1.82, 2.24) is 14.6 Å². The predicted molar refractivity (Wildman–Crippen MR) is 139 cm³/mol. The molecule has 0 aliphatic heterocycles. The lowest BCUT2D eigenvalue weighted by molar-refractivity contribution is 0.00740. The molecule has 2 heterocycles. The van der Waals surface area contributed by atoms with E-state index in [1.165, 1.54) is 54.8 Å². The molecule has 4 aromatic rings. The van der Waals surface area contributed by atoms with Crippen LogP contribution in [0.4, 0.5) is 14.6 Å². The van der Waals surface area contributed by atoms with Crippen LogP contribution in [-0.4, -0.2) is 20.6 Å². The Bertz CT molecular complexity index is 1650. The monoisotopic (exact) mass is 509 g/mol. The second-order valence-electron chi connectivity index (χ2n) is 11.1. The Kier molecular flexibility index (Phi) is 5.29. The summed E-state index contributed by atoms with van der Waals surface area (Å²) in [6.07, 6.45) is 6.09. The van der Waals surface area contributed by atoms with E-state index in [1.54, 1.807) is 30.3 Å². The van der Waals surface area contributed by atoms with Crippen LogP contribution in [0, 0.1) is 46.6 Å². The molecule has 190 valence electrons. The molecule has 38 heavy (non-hydrogen) atoms. The number of benzene rings is 2. The third-order valence-corrected chi connectivity index (χ3v) is 8.71. The summed E-state index contributed by atoms with van der Waals surface area (Å²) in [5.74, 6) is 1.70. The van der Waals surface area contributed by atoms with Crippen molar-refractivity contribution in [2.24, 2.45) is 23.7 Å². The number of nitrogens with one attached hydrogen (secondary N) is 1. The molecule has 2 aromatic carbocycles. The molecule has 6 nitrogen and oxygen atoms in total. The third kappa shape index (κ3) is 3.85. The van der Waals surface area contributed by atoms with E-state index < -0.39 is 11.6 Å². The number of nitrogens with zero attached hydrogens (tertiary/aromatic N) is 4. The minimum Gasteiger partial charge on any atom is -0.365 e. The molecule has 0 unspecified atom stereocenters. The van der Waals surface area contributed by atoms with E-state index in [9.17, 15) is 9.18 Å². The fourth-order valence-corrected chi connectivity index (χ4v) is 7.24. The average molecular weight is 510 g/mol. The Labute approximate surface area is 218 Å². The van der Waals surface area contributed by atoms with Crippen molar-refractivity contribution < 1.29 is 8.78 Å². The van der Waals surface area contributed by atoms with Crippen molar-refractivity contribution >= 4 is 11.5 Å². The highest BCUT2D eigenvalue weighted by atomic mass is 19.1. The lowest BCUT2D eigenvalue weighted by atomic mass is 9.54. The quantitative estimate of drug-likeness (QED) is 0.375. The van der Waals surface area contributed by atoms with Gasteiger partial charge in [-0.1, -0.05) is 12.1 Å². The molecule has 1 N–H and O–H groups in total. The molecule has 4 aliphatic carbocycles. The maximum Gasteiger partial charge on any atom is 0.275 e. The number of aromatic nitrogens is 3. The van der Waals surface area contributed by atoms with Gasteiger partial charge in [-0.15, -0.1) is 5.10 Å². The van der Waals surface area contributed by atoms with E-state index in [4.69, 9.17) is 5.26 Å². The number of nitriles is 1. The number of halogens is 2. The molecular formula is C30H25F2N5O. The summed E-state index contributed by atoms with van der Waals surface area (Å²) in [6.45, 7) is 0. The first-order chi connectivity index (χ1) is 18.4. The van der Waals surface area contributed by atoms with Gasteiger partial charge in [0.1, 0.15) is 11.6 Å². The lowest BCUT2D eigenvalue weighted by Gasteiger charge is -2.54. The van der Waals surface area contributed by atoms with Crippen LogP contribution in [0.1, 0.15) is 37.7 Å². The van der Waals surface area contributed by atoms with Gasteiger partial charge in [0.15, 0.2) is 11.5 Å². The van der Waals surface area contributed by atoms with Gasteiger partial charge in [0.05, 0.1) is 17.3 Å². The van der Waals surface area contributed by atoms with Gasteiger partial charge in [-0.3, -0.25) is 4.79 Å². The summed E-state index contributed by atoms with van der Waals surface area (Å²) in [4.78, 5) is 17.9. The highest BCUT2D eigenvalue weighted by molar-refractivity contribution is 5.79. The summed E-state index contributed by atoms with van der Waals surface area (Å²) in [6, 6.07) is 15.6. The van der Waals surface area contributed by atoms with Crippen molar-refractivity contribution in [2.75, 3.05) is 5.32 Å². The normalized spacial score (nSPS) is 25.4. The number of fused-ring (bicyclic) bond motifs is 1. The molecule has 8 heteroatoms. The zero-order valence-corrected chi connectivity index (χ0v) is 20.6. The fraction of sp³-hybridized carbons (Fsp3) is 0.333. The Morgan fingerprint density at radius 2 is 1.61 bits per heavy atom. The van der Waals surface area contributed by atoms with Crippen LogP contribution < -0.4 is 10.9 Å². The fourth-order valence-electron chi connectivity index (χ4n) is 7.24. The molecule has 8 rings (SSSR count). The van der Waals surface area contributed by atoms with Crippen molar-refractivity contribution in [2.45, 2.75) is 38.1 Å². The van der Waals surface area contributed by atoms with Crippen LogP contribution in [0.3, 0.4) is 0 Å². The van der Waals surface area contributed by atoms with Crippen molar-refractivity contribution in [3.8, 4) is 28.5 Å². The van der Waals surface area contributed by atoms with E-state index in [0.29, 0.717) is 40.0 Å². The van der Waals surface area contributed by atoms with Crippen molar-refractivity contribution in [3.63, 3.8) is 0 Å². The van der Waals surface area contributed by atoms with E-state index in [1.807, 2.05) is 0 Å². The van der Waals surface area contributed by atoms with E-state index in [2.05, 4.69) is 21.5 Å². The molecule has 0 radical (unpaired) electrons. The maximum absolute atomic E-state index is 15.1. The lowest BCUT2D eigenvalue weighted by Crippen LogP contribution is -2.51. The minimum absolute atomic E-state index is 0.200. The van der Waals surface area contributed by atoms with Gasteiger partial charge in [0.25, 0.3) is 5.56 Å². The van der Waals surface area contributed by atoms with Crippen LogP contribution in [0.5, 0.6) is 0 Å². The molecule has 0 spiro atoms. The van der Waals surface area contributed by atoms with Crippen molar-refractivity contribution in [1.29, 1.82) is 5.26 Å². The number of hydrogen-bond acceptors (Lipinski definition) is 5. The zero-order valence-electron chi connectivity index (χ0n) is 20.6. The SMILES string of the molecule is N#Cc1ccc(-c2cc(=O)n3nc(NC4C5CC6CC(C5)CC4C6)c(-c4ccc(F)cc4F)cc3n2)cc1. The number of hydrogen-bond donors (Lipinski definition) is 1. The predicted octanol–water partition coefficient (Wildman–Crippen LogP) is 5.81. The summed E-state index contributed by atoms with van der Waals surface area (Å²) in [5, 5.41) is 17.4. The van der Waals surface area contributed by atoms with Crippen LogP contribution in [0.15, 0.2) is 59.4 Å². The van der Waals surface area contributed by atoms with Gasteiger partial charge in [0, 0.05) is 34.9 Å².